The topological polar surface area (TPSA) is 52.6 Å². The second-order valence-electron chi connectivity index (χ2n) is 4.67. The molecular weight excluding hydrogens is 235 g/mol. The number of aryl methyl sites for hydroxylation is 1. The quantitative estimate of drug-likeness (QED) is 0.807. The summed E-state index contributed by atoms with van der Waals surface area (Å²) >= 11 is 0. The number of aliphatic hydroxyl groups is 1. The number of halogens is 1. The maximum absolute atomic E-state index is 13.2. The molecule has 1 aliphatic heterocycles. The summed E-state index contributed by atoms with van der Waals surface area (Å²) < 4.78 is 13.2. The van der Waals surface area contributed by atoms with Crippen LogP contribution in [-0.4, -0.2) is 48.2 Å². The zero-order valence-electron chi connectivity index (χ0n) is 10.5. The van der Waals surface area contributed by atoms with Gasteiger partial charge in [-0.05, 0) is 30.7 Å². The van der Waals surface area contributed by atoms with Crippen LogP contribution in [0.4, 0.5) is 4.39 Å². The number of benzene rings is 1. The Bertz CT molecular complexity index is 464. The molecule has 2 rings (SSSR count). The summed E-state index contributed by atoms with van der Waals surface area (Å²) in [6.07, 6.45) is -0.555. The van der Waals surface area contributed by atoms with Gasteiger partial charge in [-0.1, -0.05) is 0 Å². The standard InChI is InChI=1S/C13H17FN2O2/c1-8-5-9(3-4-10(8)14)13(18)16(2)11-6-15-7-12(11)17/h3-5,11-12,15,17H,6-7H2,1-2H3/t11-,12-/m1/s1. The minimum absolute atomic E-state index is 0.203. The number of aliphatic hydroxyl groups excluding tert-OH is 1. The molecule has 5 heteroatoms. The highest BCUT2D eigenvalue weighted by molar-refractivity contribution is 5.94. The largest absolute Gasteiger partial charge is 0.390 e. The lowest BCUT2D eigenvalue weighted by molar-refractivity contribution is 0.0581. The Morgan fingerprint density at radius 3 is 2.78 bits per heavy atom. The first-order valence-corrected chi connectivity index (χ1v) is 5.93. The van der Waals surface area contributed by atoms with E-state index in [0.29, 0.717) is 24.2 Å². The van der Waals surface area contributed by atoms with Gasteiger partial charge >= 0.3 is 0 Å². The summed E-state index contributed by atoms with van der Waals surface area (Å²) in [5, 5.41) is 12.8. The van der Waals surface area contributed by atoms with Crippen LogP contribution in [-0.2, 0) is 0 Å². The molecule has 1 aromatic carbocycles. The number of β-amino-alcohol motifs (C(OH)–C–C–N with tert-alkyl or cyclic N) is 1. The van der Waals surface area contributed by atoms with Crippen molar-refractivity contribution >= 4 is 5.91 Å². The minimum atomic E-state index is -0.555. The maximum atomic E-state index is 13.2. The van der Waals surface area contributed by atoms with Crippen LogP contribution in [0.25, 0.3) is 0 Å². The number of amides is 1. The molecule has 1 heterocycles. The van der Waals surface area contributed by atoms with Crippen LogP contribution in [0.2, 0.25) is 0 Å². The number of carbonyl (C=O) groups excluding carboxylic acids is 1. The number of likely N-dealkylation sites (N-methyl/N-ethyl adjacent to an activating group) is 1. The molecule has 1 aliphatic rings. The Balaban J connectivity index is 2.17. The molecule has 0 saturated carbocycles. The van der Waals surface area contributed by atoms with Crippen LogP contribution in [0.15, 0.2) is 18.2 Å². The third-order valence-corrected chi connectivity index (χ3v) is 3.37. The second-order valence-corrected chi connectivity index (χ2v) is 4.67. The van der Waals surface area contributed by atoms with Gasteiger partial charge < -0.3 is 15.3 Å². The maximum Gasteiger partial charge on any atom is 0.253 e. The van der Waals surface area contributed by atoms with Gasteiger partial charge in [-0.15, -0.1) is 0 Å². The lowest BCUT2D eigenvalue weighted by Gasteiger charge is -2.26. The molecule has 1 amide bonds. The summed E-state index contributed by atoms with van der Waals surface area (Å²) in [5.41, 5.74) is 0.884. The van der Waals surface area contributed by atoms with Crippen LogP contribution in [0, 0.1) is 12.7 Å². The molecule has 0 aliphatic carbocycles. The van der Waals surface area contributed by atoms with Crippen molar-refractivity contribution in [2.45, 2.75) is 19.1 Å². The van der Waals surface area contributed by atoms with Crippen molar-refractivity contribution < 1.29 is 14.3 Å². The van der Waals surface area contributed by atoms with Gasteiger partial charge in [0.25, 0.3) is 5.91 Å². The molecule has 1 fully saturated rings. The minimum Gasteiger partial charge on any atom is -0.390 e. The lowest BCUT2D eigenvalue weighted by atomic mass is 10.1. The van der Waals surface area contributed by atoms with E-state index in [9.17, 15) is 14.3 Å². The Kier molecular flexibility index (Phi) is 3.63. The van der Waals surface area contributed by atoms with E-state index in [1.54, 1.807) is 14.0 Å². The highest BCUT2D eigenvalue weighted by atomic mass is 19.1. The first kappa shape index (κ1) is 13.0. The Hall–Kier alpha value is -1.46. The van der Waals surface area contributed by atoms with Gasteiger partial charge in [-0.3, -0.25) is 4.79 Å². The monoisotopic (exact) mass is 252 g/mol. The van der Waals surface area contributed by atoms with Crippen LogP contribution in [0.5, 0.6) is 0 Å². The van der Waals surface area contributed by atoms with Crippen LogP contribution >= 0.6 is 0 Å². The third-order valence-electron chi connectivity index (χ3n) is 3.37. The molecule has 0 aromatic heterocycles. The van der Waals surface area contributed by atoms with Gasteiger partial charge in [0.2, 0.25) is 0 Å². The molecule has 98 valence electrons. The number of rotatable bonds is 2. The van der Waals surface area contributed by atoms with Crippen molar-refractivity contribution in [1.82, 2.24) is 10.2 Å². The summed E-state index contributed by atoms with van der Waals surface area (Å²) in [5.74, 6) is -0.525. The molecule has 2 N–H and O–H groups in total. The van der Waals surface area contributed by atoms with E-state index in [1.807, 2.05) is 0 Å². The van der Waals surface area contributed by atoms with Gasteiger partial charge in [-0.25, -0.2) is 4.39 Å². The molecule has 2 atom stereocenters. The molecule has 0 unspecified atom stereocenters. The van der Waals surface area contributed by atoms with Crippen molar-refractivity contribution in [2.24, 2.45) is 0 Å². The Labute approximate surface area is 105 Å². The van der Waals surface area contributed by atoms with E-state index in [0.717, 1.165) is 0 Å². The molecule has 18 heavy (non-hydrogen) atoms. The van der Waals surface area contributed by atoms with E-state index < -0.39 is 6.10 Å². The van der Waals surface area contributed by atoms with Gasteiger partial charge in [0.05, 0.1) is 12.1 Å². The van der Waals surface area contributed by atoms with Gasteiger partial charge in [-0.2, -0.15) is 0 Å². The van der Waals surface area contributed by atoms with Crippen LogP contribution in [0.3, 0.4) is 0 Å². The fourth-order valence-electron chi connectivity index (χ4n) is 2.18. The molecule has 1 aromatic rings. The van der Waals surface area contributed by atoms with E-state index >= 15 is 0 Å². The number of hydrogen-bond donors (Lipinski definition) is 2. The van der Waals surface area contributed by atoms with E-state index in [1.165, 1.54) is 23.1 Å². The molecule has 4 nitrogen and oxygen atoms in total. The van der Waals surface area contributed by atoms with Crippen LogP contribution < -0.4 is 5.32 Å². The first-order chi connectivity index (χ1) is 8.50. The zero-order valence-corrected chi connectivity index (χ0v) is 10.5. The van der Waals surface area contributed by atoms with Crippen molar-refractivity contribution in [3.63, 3.8) is 0 Å². The fourth-order valence-corrected chi connectivity index (χ4v) is 2.18. The van der Waals surface area contributed by atoms with Crippen molar-refractivity contribution in [3.05, 3.63) is 35.1 Å². The molecular formula is C13H17FN2O2. The van der Waals surface area contributed by atoms with Crippen molar-refractivity contribution in [2.75, 3.05) is 20.1 Å². The van der Waals surface area contributed by atoms with Gasteiger partial charge in [0.15, 0.2) is 0 Å². The third kappa shape index (κ3) is 2.37. The van der Waals surface area contributed by atoms with E-state index in [2.05, 4.69) is 5.32 Å². The first-order valence-electron chi connectivity index (χ1n) is 5.93. The van der Waals surface area contributed by atoms with E-state index in [-0.39, 0.29) is 17.8 Å². The predicted octanol–water partition coefficient (Wildman–Crippen LogP) is 0.539. The summed E-state index contributed by atoms with van der Waals surface area (Å²) in [7, 11) is 1.65. The highest BCUT2D eigenvalue weighted by Gasteiger charge is 2.31. The van der Waals surface area contributed by atoms with Crippen molar-refractivity contribution in [1.29, 1.82) is 0 Å². The summed E-state index contributed by atoms with van der Waals surface area (Å²) in [4.78, 5) is 13.7. The fraction of sp³-hybridized carbons (Fsp3) is 0.462. The average molecular weight is 252 g/mol. The molecule has 1 saturated heterocycles. The number of hydrogen-bond acceptors (Lipinski definition) is 3. The normalized spacial score (nSPS) is 23.1. The average Bonchev–Trinajstić information content (AvgIpc) is 2.77. The number of carbonyl (C=O) groups is 1. The second kappa shape index (κ2) is 5.04. The highest BCUT2D eigenvalue weighted by Crippen LogP contribution is 2.14. The summed E-state index contributed by atoms with van der Waals surface area (Å²) in [6, 6.07) is 4.06. The van der Waals surface area contributed by atoms with Gasteiger partial charge in [0.1, 0.15) is 5.82 Å². The Morgan fingerprint density at radius 2 is 2.22 bits per heavy atom. The zero-order chi connectivity index (χ0) is 13.3. The van der Waals surface area contributed by atoms with Crippen molar-refractivity contribution in [3.8, 4) is 0 Å². The summed E-state index contributed by atoms with van der Waals surface area (Å²) in [6.45, 7) is 2.69. The lowest BCUT2D eigenvalue weighted by Crippen LogP contribution is -2.44. The number of nitrogens with one attached hydrogen (secondary N) is 1. The Morgan fingerprint density at radius 1 is 1.50 bits per heavy atom. The molecule has 0 bridgehead atoms. The molecule has 0 spiro atoms. The smallest absolute Gasteiger partial charge is 0.253 e. The van der Waals surface area contributed by atoms with E-state index in [4.69, 9.17) is 0 Å². The SMILES string of the molecule is Cc1cc(C(=O)N(C)[C@@H]2CNC[C@H]2O)ccc1F. The number of nitrogens with zero attached hydrogens (tertiary/aromatic N) is 1. The van der Waals surface area contributed by atoms with Crippen LogP contribution in [0.1, 0.15) is 15.9 Å². The van der Waals surface area contributed by atoms with Gasteiger partial charge in [0, 0.05) is 25.7 Å². The molecule has 0 radical (unpaired) electrons. The predicted molar refractivity (Wildman–Crippen MR) is 65.9 cm³/mol.